The van der Waals surface area contributed by atoms with Gasteiger partial charge in [0.15, 0.2) is 0 Å². The number of rotatable bonds is 6. The van der Waals surface area contributed by atoms with Gasteiger partial charge in [0.25, 0.3) is 0 Å². The molecule has 5 heteroatoms. The number of ether oxygens (including phenoxy) is 1. The molecule has 0 saturated heterocycles. The molecule has 1 aromatic heterocycles. The van der Waals surface area contributed by atoms with E-state index in [1.807, 2.05) is 0 Å². The number of nitrogens with one attached hydrogen (secondary N) is 1. The minimum Gasteiger partial charge on any atom is -0.480 e. The van der Waals surface area contributed by atoms with E-state index < -0.39 is 0 Å². The third kappa shape index (κ3) is 4.12. The molecule has 0 bridgehead atoms. The molecule has 0 aromatic carbocycles. The summed E-state index contributed by atoms with van der Waals surface area (Å²) in [5, 5.41) is 3.13. The predicted octanol–water partition coefficient (Wildman–Crippen LogP) is 1.02. The van der Waals surface area contributed by atoms with Gasteiger partial charge in [-0.3, -0.25) is 4.98 Å². The highest BCUT2D eigenvalue weighted by Gasteiger charge is 2.02. The maximum Gasteiger partial charge on any atom is 0.233 e. The highest BCUT2D eigenvalue weighted by molar-refractivity contribution is 5.33. The first-order chi connectivity index (χ1) is 7.26. The molecule has 3 N–H and O–H groups in total. The summed E-state index contributed by atoms with van der Waals surface area (Å²) < 4.78 is 4.96. The number of hydrogen-bond acceptors (Lipinski definition) is 5. The number of nitrogens with two attached hydrogens (primary N) is 1. The van der Waals surface area contributed by atoms with E-state index in [4.69, 9.17) is 10.5 Å². The molecule has 0 spiro atoms. The van der Waals surface area contributed by atoms with Gasteiger partial charge in [-0.25, -0.2) is 0 Å². The monoisotopic (exact) mass is 210 g/mol. The summed E-state index contributed by atoms with van der Waals surface area (Å²) in [5.41, 5.74) is 5.86. The average molecular weight is 210 g/mol. The van der Waals surface area contributed by atoms with Crippen molar-refractivity contribution in [2.45, 2.75) is 25.8 Å². The van der Waals surface area contributed by atoms with Gasteiger partial charge in [-0.1, -0.05) is 13.3 Å². The number of aromatic nitrogens is 2. The molecular formula is C10H18N4O. The van der Waals surface area contributed by atoms with Crippen molar-refractivity contribution in [3.8, 4) is 5.88 Å². The fraction of sp³-hybridized carbons (Fsp3) is 0.600. The Morgan fingerprint density at radius 1 is 1.53 bits per heavy atom. The molecule has 1 rings (SSSR count). The van der Waals surface area contributed by atoms with E-state index in [0.29, 0.717) is 18.2 Å². The van der Waals surface area contributed by atoms with Crippen molar-refractivity contribution in [3.05, 3.63) is 12.4 Å². The zero-order valence-corrected chi connectivity index (χ0v) is 9.23. The first kappa shape index (κ1) is 11.7. The second-order valence-electron chi connectivity index (χ2n) is 3.38. The van der Waals surface area contributed by atoms with Gasteiger partial charge in [0, 0.05) is 12.6 Å². The highest BCUT2D eigenvalue weighted by atomic mass is 16.5. The quantitative estimate of drug-likeness (QED) is 0.733. The van der Waals surface area contributed by atoms with E-state index in [-0.39, 0.29) is 6.04 Å². The molecular weight excluding hydrogens is 192 g/mol. The smallest absolute Gasteiger partial charge is 0.233 e. The van der Waals surface area contributed by atoms with Crippen LogP contribution in [0.2, 0.25) is 0 Å². The Morgan fingerprint density at radius 2 is 2.33 bits per heavy atom. The maximum absolute atomic E-state index is 5.86. The molecule has 84 valence electrons. The van der Waals surface area contributed by atoms with Crippen LogP contribution in [-0.2, 0) is 0 Å². The summed E-state index contributed by atoms with van der Waals surface area (Å²) in [7, 11) is 1.57. The summed E-state index contributed by atoms with van der Waals surface area (Å²) in [4.78, 5) is 8.16. The van der Waals surface area contributed by atoms with Crippen LogP contribution in [0.25, 0.3) is 0 Å². The largest absolute Gasteiger partial charge is 0.480 e. The molecule has 0 amide bonds. The van der Waals surface area contributed by atoms with Gasteiger partial charge in [0.05, 0.1) is 19.5 Å². The third-order valence-electron chi connectivity index (χ3n) is 2.03. The number of methoxy groups -OCH3 is 1. The van der Waals surface area contributed by atoms with Crippen molar-refractivity contribution in [2.75, 3.05) is 19.0 Å². The van der Waals surface area contributed by atoms with Gasteiger partial charge in [0.1, 0.15) is 5.82 Å². The number of anilines is 1. The van der Waals surface area contributed by atoms with Crippen molar-refractivity contribution in [1.82, 2.24) is 9.97 Å². The minimum absolute atomic E-state index is 0.156. The second kappa shape index (κ2) is 6.19. The Labute approximate surface area is 90.1 Å². The molecule has 0 aliphatic rings. The van der Waals surface area contributed by atoms with Crippen molar-refractivity contribution in [1.29, 1.82) is 0 Å². The third-order valence-corrected chi connectivity index (χ3v) is 2.03. The van der Waals surface area contributed by atoms with Gasteiger partial charge < -0.3 is 15.8 Å². The molecule has 0 fully saturated rings. The van der Waals surface area contributed by atoms with Crippen molar-refractivity contribution < 1.29 is 4.74 Å². The normalized spacial score (nSPS) is 12.2. The standard InChI is InChI=1S/C10H18N4O/c1-3-4-8(11)5-13-9-6-12-7-10(14-9)15-2/h6-8H,3-5,11H2,1-2H3,(H,13,14). The van der Waals surface area contributed by atoms with E-state index in [1.165, 1.54) is 0 Å². The molecule has 0 saturated carbocycles. The molecule has 0 aliphatic carbocycles. The Morgan fingerprint density at radius 3 is 3.00 bits per heavy atom. The van der Waals surface area contributed by atoms with E-state index in [9.17, 15) is 0 Å². The summed E-state index contributed by atoms with van der Waals surface area (Å²) in [6.07, 6.45) is 5.31. The van der Waals surface area contributed by atoms with Crippen LogP contribution < -0.4 is 15.8 Å². The van der Waals surface area contributed by atoms with Crippen molar-refractivity contribution in [3.63, 3.8) is 0 Å². The Balaban J connectivity index is 2.43. The predicted molar refractivity (Wildman–Crippen MR) is 60.0 cm³/mol. The lowest BCUT2D eigenvalue weighted by Gasteiger charge is -2.11. The van der Waals surface area contributed by atoms with Gasteiger partial charge in [-0.2, -0.15) is 4.98 Å². The topological polar surface area (TPSA) is 73.1 Å². The van der Waals surface area contributed by atoms with Crippen LogP contribution in [0.5, 0.6) is 5.88 Å². The van der Waals surface area contributed by atoms with Crippen molar-refractivity contribution in [2.24, 2.45) is 5.73 Å². The van der Waals surface area contributed by atoms with Gasteiger partial charge >= 0.3 is 0 Å². The van der Waals surface area contributed by atoms with Gasteiger partial charge in [0.2, 0.25) is 5.88 Å². The van der Waals surface area contributed by atoms with E-state index in [1.54, 1.807) is 19.5 Å². The van der Waals surface area contributed by atoms with Crippen molar-refractivity contribution >= 4 is 5.82 Å². The van der Waals surface area contributed by atoms with Gasteiger partial charge in [-0.15, -0.1) is 0 Å². The van der Waals surface area contributed by atoms with E-state index in [0.717, 1.165) is 12.8 Å². The first-order valence-corrected chi connectivity index (χ1v) is 5.11. The van der Waals surface area contributed by atoms with Crippen LogP contribution in [0.15, 0.2) is 12.4 Å². The summed E-state index contributed by atoms with van der Waals surface area (Å²) in [6, 6.07) is 0.156. The molecule has 1 unspecified atom stereocenters. The fourth-order valence-electron chi connectivity index (χ4n) is 1.24. The lowest BCUT2D eigenvalue weighted by Crippen LogP contribution is -2.29. The number of nitrogens with zero attached hydrogens (tertiary/aromatic N) is 2. The summed E-state index contributed by atoms with van der Waals surface area (Å²) in [5.74, 6) is 1.20. The molecule has 1 heterocycles. The Hall–Kier alpha value is -1.36. The zero-order valence-electron chi connectivity index (χ0n) is 9.23. The average Bonchev–Trinajstić information content (AvgIpc) is 2.27. The first-order valence-electron chi connectivity index (χ1n) is 5.11. The summed E-state index contributed by atoms with van der Waals surface area (Å²) in [6.45, 7) is 2.82. The molecule has 5 nitrogen and oxygen atoms in total. The minimum atomic E-state index is 0.156. The lowest BCUT2D eigenvalue weighted by molar-refractivity contribution is 0.396. The van der Waals surface area contributed by atoms with Crippen LogP contribution in [0.4, 0.5) is 5.82 Å². The fourth-order valence-corrected chi connectivity index (χ4v) is 1.24. The van der Waals surface area contributed by atoms with Crippen LogP contribution in [0.1, 0.15) is 19.8 Å². The Kier molecular flexibility index (Phi) is 4.83. The second-order valence-corrected chi connectivity index (χ2v) is 3.38. The molecule has 1 atom stereocenters. The molecule has 1 aromatic rings. The van der Waals surface area contributed by atoms with Crippen LogP contribution in [-0.4, -0.2) is 29.7 Å². The SMILES string of the molecule is CCCC(N)CNc1cncc(OC)n1. The summed E-state index contributed by atoms with van der Waals surface area (Å²) >= 11 is 0. The van der Waals surface area contributed by atoms with Crippen LogP contribution >= 0.6 is 0 Å². The zero-order chi connectivity index (χ0) is 11.1. The van der Waals surface area contributed by atoms with E-state index in [2.05, 4.69) is 22.2 Å². The van der Waals surface area contributed by atoms with Gasteiger partial charge in [-0.05, 0) is 6.42 Å². The molecule has 0 aliphatic heterocycles. The van der Waals surface area contributed by atoms with E-state index >= 15 is 0 Å². The Bertz CT molecular complexity index is 293. The van der Waals surface area contributed by atoms with Crippen LogP contribution in [0.3, 0.4) is 0 Å². The lowest BCUT2D eigenvalue weighted by atomic mass is 10.2. The maximum atomic E-state index is 5.86. The highest BCUT2D eigenvalue weighted by Crippen LogP contribution is 2.08. The molecule has 0 radical (unpaired) electrons. The molecule has 15 heavy (non-hydrogen) atoms. The number of hydrogen-bond donors (Lipinski definition) is 2. The van der Waals surface area contributed by atoms with Crippen LogP contribution in [0, 0.1) is 0 Å².